The Morgan fingerprint density at radius 2 is 2.00 bits per heavy atom. The molecule has 1 rings (SSSR count). The minimum Gasteiger partial charge on any atom is -0.354 e. The number of hydrogen-bond donors (Lipinski definition) is 1. The fourth-order valence-corrected chi connectivity index (χ4v) is 0.890. The van der Waals surface area contributed by atoms with E-state index in [0.717, 1.165) is 6.07 Å². The number of hydrogen-bond acceptors (Lipinski definition) is 1. The van der Waals surface area contributed by atoms with Gasteiger partial charge in [0.15, 0.2) is 11.6 Å². The smallest absolute Gasteiger partial charge is 0.207 e. The van der Waals surface area contributed by atoms with E-state index in [-0.39, 0.29) is 12.1 Å². The molecule has 13 heavy (non-hydrogen) atoms. The second kappa shape index (κ2) is 3.93. The molecule has 0 spiro atoms. The van der Waals surface area contributed by atoms with Crippen molar-refractivity contribution in [2.75, 3.05) is 0 Å². The Hall–Kier alpha value is -1.52. The molecule has 0 aliphatic heterocycles. The van der Waals surface area contributed by atoms with Crippen molar-refractivity contribution < 1.29 is 18.0 Å². The molecule has 1 amide bonds. The molecule has 0 saturated carbocycles. The number of amides is 1. The third kappa shape index (κ3) is 2.21. The van der Waals surface area contributed by atoms with Crippen molar-refractivity contribution in [1.29, 1.82) is 0 Å². The van der Waals surface area contributed by atoms with Crippen LogP contribution in [0.3, 0.4) is 0 Å². The predicted octanol–water partition coefficient (Wildman–Crippen LogP) is 1.35. The zero-order chi connectivity index (χ0) is 9.84. The standard InChI is InChI=1S/C8H6F3NO/c9-6-1-5(3-12-4-13)8(11)7(10)2-6/h1-2,4H,3H2,(H,12,13). The van der Waals surface area contributed by atoms with Gasteiger partial charge in [0.1, 0.15) is 5.82 Å². The van der Waals surface area contributed by atoms with Crippen LogP contribution in [0.2, 0.25) is 0 Å². The number of carbonyl (C=O) groups is 1. The molecule has 0 fully saturated rings. The van der Waals surface area contributed by atoms with Crippen LogP contribution in [0.1, 0.15) is 5.56 Å². The lowest BCUT2D eigenvalue weighted by Crippen LogP contribution is -2.12. The first-order valence-electron chi connectivity index (χ1n) is 3.45. The summed E-state index contributed by atoms with van der Waals surface area (Å²) >= 11 is 0. The summed E-state index contributed by atoms with van der Waals surface area (Å²) < 4.78 is 37.9. The summed E-state index contributed by atoms with van der Waals surface area (Å²) in [5.74, 6) is -3.28. The average Bonchev–Trinajstić information content (AvgIpc) is 2.09. The SMILES string of the molecule is O=CNCc1cc(F)cc(F)c1F. The highest BCUT2D eigenvalue weighted by molar-refractivity contribution is 5.46. The Balaban J connectivity index is 2.98. The van der Waals surface area contributed by atoms with Gasteiger partial charge in [-0.1, -0.05) is 0 Å². The number of carbonyl (C=O) groups excluding carboxylic acids is 1. The van der Waals surface area contributed by atoms with E-state index in [1.165, 1.54) is 0 Å². The first-order chi connectivity index (χ1) is 6.15. The summed E-state index contributed by atoms with van der Waals surface area (Å²) in [4.78, 5) is 9.84. The quantitative estimate of drug-likeness (QED) is 0.564. The van der Waals surface area contributed by atoms with Crippen LogP contribution in [0.25, 0.3) is 0 Å². The first-order valence-corrected chi connectivity index (χ1v) is 3.45. The van der Waals surface area contributed by atoms with E-state index in [2.05, 4.69) is 5.32 Å². The van der Waals surface area contributed by atoms with E-state index in [9.17, 15) is 18.0 Å². The third-order valence-electron chi connectivity index (χ3n) is 1.44. The summed E-state index contributed by atoms with van der Waals surface area (Å²) in [6, 6.07) is 1.27. The monoisotopic (exact) mass is 189 g/mol. The highest BCUT2D eigenvalue weighted by Crippen LogP contribution is 2.13. The normalized spacial score (nSPS) is 9.77. The van der Waals surface area contributed by atoms with E-state index in [1.54, 1.807) is 0 Å². The molecule has 0 saturated heterocycles. The Morgan fingerprint density at radius 3 is 2.62 bits per heavy atom. The molecule has 1 aromatic rings. The van der Waals surface area contributed by atoms with Gasteiger partial charge in [0.05, 0.1) is 0 Å². The van der Waals surface area contributed by atoms with Crippen molar-refractivity contribution in [3.63, 3.8) is 0 Å². The van der Waals surface area contributed by atoms with Crippen LogP contribution in [0.4, 0.5) is 13.2 Å². The minimum absolute atomic E-state index is 0.218. The third-order valence-corrected chi connectivity index (χ3v) is 1.44. The van der Waals surface area contributed by atoms with E-state index in [0.29, 0.717) is 12.5 Å². The Kier molecular flexibility index (Phi) is 2.89. The maximum atomic E-state index is 12.8. The van der Waals surface area contributed by atoms with Crippen molar-refractivity contribution >= 4 is 6.41 Å². The van der Waals surface area contributed by atoms with Crippen LogP contribution in [0.5, 0.6) is 0 Å². The zero-order valence-electron chi connectivity index (χ0n) is 6.48. The van der Waals surface area contributed by atoms with Gasteiger partial charge >= 0.3 is 0 Å². The molecule has 5 heteroatoms. The topological polar surface area (TPSA) is 29.1 Å². The molecule has 0 unspecified atom stereocenters. The van der Waals surface area contributed by atoms with Gasteiger partial charge in [-0.05, 0) is 6.07 Å². The summed E-state index contributed by atoms with van der Waals surface area (Å²) in [7, 11) is 0. The van der Waals surface area contributed by atoms with Crippen LogP contribution in [-0.4, -0.2) is 6.41 Å². The molecule has 0 bridgehead atoms. The molecule has 70 valence electrons. The van der Waals surface area contributed by atoms with Gasteiger partial charge in [-0.2, -0.15) is 0 Å². The Morgan fingerprint density at radius 1 is 1.31 bits per heavy atom. The summed E-state index contributed by atoms with van der Waals surface area (Å²) in [6.07, 6.45) is 0.322. The zero-order valence-corrected chi connectivity index (χ0v) is 6.48. The molecule has 0 aliphatic rings. The molecule has 1 N–H and O–H groups in total. The minimum atomic E-state index is -1.26. The average molecular weight is 189 g/mol. The molecule has 2 nitrogen and oxygen atoms in total. The number of benzene rings is 1. The van der Waals surface area contributed by atoms with Gasteiger partial charge in [-0.3, -0.25) is 4.79 Å². The lowest BCUT2D eigenvalue weighted by Gasteiger charge is -2.02. The van der Waals surface area contributed by atoms with Crippen LogP contribution in [-0.2, 0) is 11.3 Å². The molecule has 0 radical (unpaired) electrons. The van der Waals surface area contributed by atoms with E-state index in [1.807, 2.05) is 0 Å². The van der Waals surface area contributed by atoms with Gasteiger partial charge in [0.2, 0.25) is 6.41 Å². The van der Waals surface area contributed by atoms with Gasteiger partial charge in [-0.15, -0.1) is 0 Å². The fraction of sp³-hybridized carbons (Fsp3) is 0.125. The maximum Gasteiger partial charge on any atom is 0.207 e. The molecule has 0 aliphatic carbocycles. The Bertz CT molecular complexity index is 327. The lowest BCUT2D eigenvalue weighted by molar-refractivity contribution is -0.109. The van der Waals surface area contributed by atoms with Crippen molar-refractivity contribution in [2.24, 2.45) is 0 Å². The highest BCUT2D eigenvalue weighted by atomic mass is 19.2. The van der Waals surface area contributed by atoms with Gasteiger partial charge < -0.3 is 5.32 Å². The summed E-state index contributed by atoms with van der Waals surface area (Å²) in [5, 5.41) is 2.11. The molecule has 0 heterocycles. The maximum absolute atomic E-state index is 12.8. The number of halogens is 3. The molecular formula is C8H6F3NO. The number of rotatable bonds is 3. The highest BCUT2D eigenvalue weighted by Gasteiger charge is 2.09. The fourth-order valence-electron chi connectivity index (χ4n) is 0.890. The van der Waals surface area contributed by atoms with Crippen molar-refractivity contribution in [2.45, 2.75) is 6.54 Å². The molecule has 1 aromatic carbocycles. The van der Waals surface area contributed by atoms with E-state index >= 15 is 0 Å². The van der Waals surface area contributed by atoms with E-state index in [4.69, 9.17) is 0 Å². The van der Waals surface area contributed by atoms with Crippen LogP contribution in [0, 0.1) is 17.5 Å². The van der Waals surface area contributed by atoms with Crippen molar-refractivity contribution in [3.8, 4) is 0 Å². The molecular weight excluding hydrogens is 183 g/mol. The summed E-state index contributed by atoms with van der Waals surface area (Å²) in [6.45, 7) is -0.232. The molecule has 0 atom stereocenters. The van der Waals surface area contributed by atoms with Gasteiger partial charge in [0, 0.05) is 18.2 Å². The van der Waals surface area contributed by atoms with E-state index < -0.39 is 17.5 Å². The van der Waals surface area contributed by atoms with Gasteiger partial charge in [-0.25, -0.2) is 13.2 Å². The predicted molar refractivity (Wildman–Crippen MR) is 39.2 cm³/mol. The second-order valence-corrected chi connectivity index (χ2v) is 2.36. The van der Waals surface area contributed by atoms with Crippen molar-refractivity contribution in [3.05, 3.63) is 35.1 Å². The van der Waals surface area contributed by atoms with Crippen LogP contribution in [0.15, 0.2) is 12.1 Å². The number of nitrogens with one attached hydrogen (secondary N) is 1. The molecule has 0 aromatic heterocycles. The first kappa shape index (κ1) is 9.57. The van der Waals surface area contributed by atoms with Gasteiger partial charge in [0.25, 0.3) is 0 Å². The largest absolute Gasteiger partial charge is 0.354 e. The second-order valence-electron chi connectivity index (χ2n) is 2.36. The van der Waals surface area contributed by atoms with Crippen LogP contribution < -0.4 is 5.32 Å². The Labute approximate surface area is 72.4 Å². The van der Waals surface area contributed by atoms with Crippen molar-refractivity contribution in [1.82, 2.24) is 5.32 Å². The van der Waals surface area contributed by atoms with Crippen LogP contribution >= 0.6 is 0 Å². The summed E-state index contributed by atoms with van der Waals surface area (Å²) in [5.41, 5.74) is -0.218. The lowest BCUT2D eigenvalue weighted by atomic mass is 10.2.